The van der Waals surface area contributed by atoms with Crippen LogP contribution in [0, 0.1) is 5.82 Å². The van der Waals surface area contributed by atoms with E-state index < -0.39 is 0 Å². The molecule has 0 aliphatic rings. The highest BCUT2D eigenvalue weighted by Crippen LogP contribution is 2.16. The van der Waals surface area contributed by atoms with Gasteiger partial charge in [-0.25, -0.2) is 4.39 Å². The van der Waals surface area contributed by atoms with Crippen molar-refractivity contribution in [2.75, 3.05) is 18.1 Å². The van der Waals surface area contributed by atoms with Gasteiger partial charge in [0.1, 0.15) is 11.6 Å². The van der Waals surface area contributed by atoms with Crippen molar-refractivity contribution < 1.29 is 14.2 Å². The molecule has 1 aromatic carbocycles. The molecule has 0 saturated heterocycles. The predicted octanol–water partition coefficient (Wildman–Crippen LogP) is 2.45. The standard InChI is InChI=1S/C11H15FO2S/c1-2-15-4-3-14-11-6-9(8-13)5-10(12)7-11/h5-7,13H,2-4,8H2,1H3. The molecule has 2 nitrogen and oxygen atoms in total. The first kappa shape index (κ1) is 12.3. The summed E-state index contributed by atoms with van der Waals surface area (Å²) in [6.07, 6.45) is 0. The summed E-state index contributed by atoms with van der Waals surface area (Å²) < 4.78 is 18.4. The van der Waals surface area contributed by atoms with Gasteiger partial charge in [-0.15, -0.1) is 0 Å². The summed E-state index contributed by atoms with van der Waals surface area (Å²) in [6, 6.07) is 4.28. The Morgan fingerprint density at radius 1 is 1.40 bits per heavy atom. The molecule has 1 rings (SSSR count). The van der Waals surface area contributed by atoms with E-state index in [1.165, 1.54) is 12.1 Å². The third-order valence-electron chi connectivity index (χ3n) is 1.81. The van der Waals surface area contributed by atoms with E-state index in [0.717, 1.165) is 11.5 Å². The molecule has 1 N–H and O–H groups in total. The number of ether oxygens (including phenoxy) is 1. The minimum atomic E-state index is -0.375. The van der Waals surface area contributed by atoms with Crippen molar-refractivity contribution in [3.63, 3.8) is 0 Å². The van der Waals surface area contributed by atoms with Crippen molar-refractivity contribution in [3.05, 3.63) is 29.6 Å². The summed E-state index contributed by atoms with van der Waals surface area (Å²) >= 11 is 1.77. The van der Waals surface area contributed by atoms with Crippen LogP contribution in [-0.4, -0.2) is 23.2 Å². The third kappa shape index (κ3) is 4.53. The first-order chi connectivity index (χ1) is 7.26. The Kier molecular flexibility index (Phi) is 5.50. The molecule has 4 heteroatoms. The van der Waals surface area contributed by atoms with Crippen molar-refractivity contribution in [1.29, 1.82) is 0 Å². The quantitative estimate of drug-likeness (QED) is 0.761. The van der Waals surface area contributed by atoms with E-state index in [9.17, 15) is 4.39 Å². The largest absolute Gasteiger partial charge is 0.493 e. The minimum Gasteiger partial charge on any atom is -0.493 e. The Morgan fingerprint density at radius 2 is 2.20 bits per heavy atom. The Morgan fingerprint density at radius 3 is 2.87 bits per heavy atom. The molecule has 0 bridgehead atoms. The zero-order chi connectivity index (χ0) is 11.1. The van der Waals surface area contributed by atoms with Crippen LogP contribution in [0.3, 0.4) is 0 Å². The number of thioether (sulfide) groups is 1. The van der Waals surface area contributed by atoms with Gasteiger partial charge in [-0.05, 0) is 23.4 Å². The molecule has 84 valence electrons. The first-order valence-electron chi connectivity index (χ1n) is 4.87. The van der Waals surface area contributed by atoms with E-state index in [-0.39, 0.29) is 12.4 Å². The highest BCUT2D eigenvalue weighted by molar-refractivity contribution is 7.99. The number of aliphatic hydroxyl groups excluding tert-OH is 1. The van der Waals surface area contributed by atoms with Crippen LogP contribution in [0.5, 0.6) is 5.75 Å². The average Bonchev–Trinajstić information content (AvgIpc) is 2.23. The fourth-order valence-corrected chi connectivity index (χ4v) is 1.65. The third-order valence-corrected chi connectivity index (χ3v) is 2.68. The number of rotatable bonds is 6. The molecule has 0 spiro atoms. The second-order valence-corrected chi connectivity index (χ2v) is 4.39. The van der Waals surface area contributed by atoms with Gasteiger partial charge in [0.15, 0.2) is 0 Å². The summed E-state index contributed by atoms with van der Waals surface area (Å²) in [5.74, 6) is 2.05. The number of hydrogen-bond acceptors (Lipinski definition) is 3. The maximum absolute atomic E-state index is 13.0. The summed E-state index contributed by atoms with van der Waals surface area (Å²) in [4.78, 5) is 0. The zero-order valence-corrected chi connectivity index (χ0v) is 9.52. The lowest BCUT2D eigenvalue weighted by Crippen LogP contribution is -2.01. The lowest BCUT2D eigenvalue weighted by Gasteiger charge is -2.07. The van der Waals surface area contributed by atoms with Gasteiger partial charge in [0.2, 0.25) is 0 Å². The smallest absolute Gasteiger partial charge is 0.127 e. The summed E-state index contributed by atoms with van der Waals surface area (Å²) in [5, 5.41) is 8.87. The van der Waals surface area contributed by atoms with Crippen molar-refractivity contribution in [1.82, 2.24) is 0 Å². The fourth-order valence-electron chi connectivity index (χ4n) is 1.16. The van der Waals surface area contributed by atoms with Crippen LogP contribution < -0.4 is 4.74 Å². The molecule has 0 aromatic heterocycles. The van der Waals surface area contributed by atoms with Gasteiger partial charge in [0.25, 0.3) is 0 Å². The molecule has 0 unspecified atom stereocenters. The van der Waals surface area contributed by atoms with Crippen molar-refractivity contribution in [2.24, 2.45) is 0 Å². The van der Waals surface area contributed by atoms with Gasteiger partial charge in [0, 0.05) is 11.8 Å². The monoisotopic (exact) mass is 230 g/mol. The van der Waals surface area contributed by atoms with E-state index in [1.807, 2.05) is 0 Å². The predicted molar refractivity (Wildman–Crippen MR) is 60.8 cm³/mol. The molecule has 0 saturated carbocycles. The molecule has 0 radical (unpaired) electrons. The fraction of sp³-hybridized carbons (Fsp3) is 0.455. The average molecular weight is 230 g/mol. The molecule has 15 heavy (non-hydrogen) atoms. The first-order valence-corrected chi connectivity index (χ1v) is 6.02. The lowest BCUT2D eigenvalue weighted by molar-refractivity contribution is 0.279. The number of benzene rings is 1. The molecule has 0 aliphatic carbocycles. The Hall–Kier alpha value is -0.740. The summed E-state index contributed by atoms with van der Waals surface area (Å²) in [5.41, 5.74) is 0.535. The van der Waals surface area contributed by atoms with E-state index in [4.69, 9.17) is 9.84 Å². The number of halogens is 1. The normalized spacial score (nSPS) is 10.3. The maximum Gasteiger partial charge on any atom is 0.127 e. The Balaban J connectivity index is 2.49. The van der Waals surface area contributed by atoms with Gasteiger partial charge >= 0.3 is 0 Å². The number of hydrogen-bond donors (Lipinski definition) is 1. The molecular weight excluding hydrogens is 215 g/mol. The molecular formula is C11H15FO2S. The number of aliphatic hydroxyl groups is 1. The molecule has 0 heterocycles. The van der Waals surface area contributed by atoms with Gasteiger partial charge in [-0.2, -0.15) is 11.8 Å². The maximum atomic E-state index is 13.0. The Bertz CT molecular complexity index is 305. The van der Waals surface area contributed by atoms with Crippen molar-refractivity contribution >= 4 is 11.8 Å². The molecule has 1 aromatic rings. The zero-order valence-electron chi connectivity index (χ0n) is 8.70. The molecule has 0 aliphatic heterocycles. The van der Waals surface area contributed by atoms with Crippen LogP contribution in [0.4, 0.5) is 4.39 Å². The highest BCUT2D eigenvalue weighted by atomic mass is 32.2. The van der Waals surface area contributed by atoms with Crippen LogP contribution in [-0.2, 0) is 6.61 Å². The molecule has 0 atom stereocenters. The topological polar surface area (TPSA) is 29.5 Å². The van der Waals surface area contributed by atoms with E-state index in [0.29, 0.717) is 17.9 Å². The van der Waals surface area contributed by atoms with Gasteiger partial charge in [0.05, 0.1) is 13.2 Å². The summed E-state index contributed by atoms with van der Waals surface area (Å²) in [6.45, 7) is 2.47. The van der Waals surface area contributed by atoms with Crippen LogP contribution in [0.15, 0.2) is 18.2 Å². The van der Waals surface area contributed by atoms with Gasteiger partial charge in [-0.1, -0.05) is 6.92 Å². The van der Waals surface area contributed by atoms with Crippen LogP contribution >= 0.6 is 11.8 Å². The SMILES string of the molecule is CCSCCOc1cc(F)cc(CO)c1. The second kappa shape index (κ2) is 6.69. The van der Waals surface area contributed by atoms with E-state index in [1.54, 1.807) is 17.8 Å². The van der Waals surface area contributed by atoms with Gasteiger partial charge < -0.3 is 9.84 Å². The van der Waals surface area contributed by atoms with Crippen LogP contribution in [0.2, 0.25) is 0 Å². The van der Waals surface area contributed by atoms with Crippen molar-refractivity contribution in [2.45, 2.75) is 13.5 Å². The minimum absolute atomic E-state index is 0.169. The van der Waals surface area contributed by atoms with Crippen LogP contribution in [0.1, 0.15) is 12.5 Å². The van der Waals surface area contributed by atoms with E-state index >= 15 is 0 Å². The molecule has 0 fully saturated rings. The van der Waals surface area contributed by atoms with E-state index in [2.05, 4.69) is 6.92 Å². The molecule has 0 amide bonds. The Labute approximate surface area is 93.5 Å². The van der Waals surface area contributed by atoms with Gasteiger partial charge in [-0.3, -0.25) is 0 Å². The van der Waals surface area contributed by atoms with Crippen molar-refractivity contribution in [3.8, 4) is 5.75 Å². The van der Waals surface area contributed by atoms with Crippen LogP contribution in [0.25, 0.3) is 0 Å². The summed E-state index contributed by atoms with van der Waals surface area (Å²) in [7, 11) is 0. The lowest BCUT2D eigenvalue weighted by atomic mass is 10.2. The second-order valence-electron chi connectivity index (χ2n) is 3.00. The highest BCUT2D eigenvalue weighted by Gasteiger charge is 2.00.